The Morgan fingerprint density at radius 2 is 1.88 bits per heavy atom. The van der Waals surface area contributed by atoms with Crippen LogP contribution in [0.15, 0.2) is 48.5 Å². The van der Waals surface area contributed by atoms with Crippen molar-refractivity contribution in [1.29, 1.82) is 0 Å². The van der Waals surface area contributed by atoms with Crippen LogP contribution >= 0.6 is 0 Å². The summed E-state index contributed by atoms with van der Waals surface area (Å²) in [5, 5.41) is 10.1. The van der Waals surface area contributed by atoms with Gasteiger partial charge in [0.1, 0.15) is 5.75 Å². The molecule has 3 aromatic rings. The standard InChI is InChI=1S/C29H38N8O4/c1-5-6-16-41-29(39)36-15-7-8-21(19-36)24-14-13-23(17-25(24)40-4)32-28(38)37-26(30)33-27(34-37)31-22-11-9-20(10-12-22)18-35(2)3/h8-14,17H,5-7,15-16,18-19H2,1-4H3,(H,32,38)(H3,30,31,33,34). The fraction of sp³-hybridized carbons (Fsp3) is 0.379. The number of ether oxygens (including phenoxy) is 2. The SMILES string of the molecule is CCCCOC(=O)N1CCC=C(c2ccc(NC(=O)n3nc(Nc4ccc(CN(C)C)cc4)nc3N)cc2OC)C1. The molecule has 1 aliphatic heterocycles. The molecule has 12 nitrogen and oxygen atoms in total. The monoisotopic (exact) mass is 562 g/mol. The Labute approximate surface area is 240 Å². The highest BCUT2D eigenvalue weighted by Crippen LogP contribution is 2.32. The van der Waals surface area contributed by atoms with Gasteiger partial charge in [-0.3, -0.25) is 0 Å². The van der Waals surface area contributed by atoms with Gasteiger partial charge >= 0.3 is 12.1 Å². The van der Waals surface area contributed by atoms with Crippen LogP contribution in [0.4, 0.5) is 32.9 Å². The van der Waals surface area contributed by atoms with E-state index in [-0.39, 0.29) is 18.0 Å². The molecule has 0 saturated carbocycles. The van der Waals surface area contributed by atoms with Crippen molar-refractivity contribution in [3.8, 4) is 5.75 Å². The van der Waals surface area contributed by atoms with E-state index >= 15 is 0 Å². The summed E-state index contributed by atoms with van der Waals surface area (Å²) in [6.45, 7) is 4.31. The largest absolute Gasteiger partial charge is 0.496 e. The van der Waals surface area contributed by atoms with Gasteiger partial charge in [0.25, 0.3) is 0 Å². The maximum atomic E-state index is 13.0. The lowest BCUT2D eigenvalue weighted by Crippen LogP contribution is -2.36. The molecule has 12 heteroatoms. The van der Waals surface area contributed by atoms with E-state index in [0.29, 0.717) is 37.6 Å². The lowest BCUT2D eigenvalue weighted by Gasteiger charge is -2.27. The number of carbonyl (C=O) groups excluding carboxylic acids is 2. The highest BCUT2D eigenvalue weighted by Gasteiger charge is 2.22. The molecule has 0 unspecified atom stereocenters. The van der Waals surface area contributed by atoms with Gasteiger partial charge < -0.3 is 35.6 Å². The van der Waals surface area contributed by atoms with Gasteiger partial charge in [-0.05, 0) is 62.3 Å². The van der Waals surface area contributed by atoms with Gasteiger partial charge in [0.15, 0.2) is 0 Å². The van der Waals surface area contributed by atoms with Crippen molar-refractivity contribution in [1.82, 2.24) is 24.6 Å². The quantitative estimate of drug-likeness (QED) is 0.298. The predicted octanol–water partition coefficient (Wildman–Crippen LogP) is 4.78. The first-order valence-corrected chi connectivity index (χ1v) is 13.6. The summed E-state index contributed by atoms with van der Waals surface area (Å²) in [6, 6.07) is 12.6. The molecule has 0 atom stereocenters. The lowest BCUT2D eigenvalue weighted by molar-refractivity contribution is 0.105. The summed E-state index contributed by atoms with van der Waals surface area (Å²) in [7, 11) is 5.58. The zero-order valence-corrected chi connectivity index (χ0v) is 24.0. The van der Waals surface area contributed by atoms with Crippen LogP contribution in [0.5, 0.6) is 5.75 Å². The Kier molecular flexibility index (Phi) is 9.80. The predicted molar refractivity (Wildman–Crippen MR) is 159 cm³/mol. The molecule has 1 aliphatic rings. The molecular formula is C29H38N8O4. The molecule has 2 aromatic carbocycles. The highest BCUT2D eigenvalue weighted by molar-refractivity contribution is 5.93. The van der Waals surface area contributed by atoms with Gasteiger partial charge in [-0.25, -0.2) is 9.59 Å². The number of hydrogen-bond acceptors (Lipinski definition) is 9. The van der Waals surface area contributed by atoms with Crippen LogP contribution in [-0.2, 0) is 11.3 Å². The Hall–Kier alpha value is -4.58. The number of nitrogens with zero attached hydrogens (tertiary/aromatic N) is 5. The van der Waals surface area contributed by atoms with Gasteiger partial charge in [-0.15, -0.1) is 9.78 Å². The zero-order valence-electron chi connectivity index (χ0n) is 24.0. The minimum absolute atomic E-state index is 0.0592. The first kappa shape index (κ1) is 29.4. The zero-order chi connectivity index (χ0) is 29.4. The number of methoxy groups -OCH3 is 1. The minimum Gasteiger partial charge on any atom is -0.496 e. The molecular weight excluding hydrogens is 524 g/mol. The third kappa shape index (κ3) is 7.76. The molecule has 0 spiro atoms. The van der Waals surface area contributed by atoms with E-state index < -0.39 is 6.03 Å². The van der Waals surface area contributed by atoms with E-state index in [0.717, 1.165) is 40.9 Å². The van der Waals surface area contributed by atoms with Crippen molar-refractivity contribution in [3.05, 3.63) is 59.7 Å². The molecule has 41 heavy (non-hydrogen) atoms. The third-order valence-electron chi connectivity index (χ3n) is 6.46. The number of unbranched alkanes of at least 4 members (excludes halogenated alkanes) is 1. The number of benzene rings is 2. The van der Waals surface area contributed by atoms with Crippen LogP contribution in [0, 0.1) is 0 Å². The van der Waals surface area contributed by atoms with Gasteiger partial charge in [0.2, 0.25) is 11.9 Å². The van der Waals surface area contributed by atoms with Crippen LogP contribution in [0.1, 0.15) is 37.3 Å². The molecule has 0 saturated heterocycles. The number of nitrogens with two attached hydrogens (primary N) is 1. The summed E-state index contributed by atoms with van der Waals surface area (Å²) in [5.41, 5.74) is 10.2. The van der Waals surface area contributed by atoms with Crippen molar-refractivity contribution in [2.24, 2.45) is 0 Å². The number of anilines is 4. The van der Waals surface area contributed by atoms with Crippen molar-refractivity contribution in [2.75, 3.05) is 57.3 Å². The second-order valence-corrected chi connectivity index (χ2v) is 10.0. The highest BCUT2D eigenvalue weighted by atomic mass is 16.6. The number of nitrogens with one attached hydrogen (secondary N) is 2. The summed E-state index contributed by atoms with van der Waals surface area (Å²) >= 11 is 0. The van der Waals surface area contributed by atoms with E-state index in [1.807, 2.05) is 44.4 Å². The molecule has 0 bridgehead atoms. The van der Waals surface area contributed by atoms with E-state index in [2.05, 4.69) is 38.6 Å². The maximum absolute atomic E-state index is 13.0. The van der Waals surface area contributed by atoms with Crippen molar-refractivity contribution in [2.45, 2.75) is 32.7 Å². The van der Waals surface area contributed by atoms with E-state index in [1.54, 1.807) is 24.1 Å². The Morgan fingerprint density at radius 1 is 1.12 bits per heavy atom. The second kappa shape index (κ2) is 13.7. The van der Waals surface area contributed by atoms with E-state index in [9.17, 15) is 9.59 Å². The van der Waals surface area contributed by atoms with Crippen molar-refractivity contribution >= 4 is 41.0 Å². The molecule has 4 rings (SSSR count). The van der Waals surface area contributed by atoms with Crippen LogP contribution in [0.2, 0.25) is 0 Å². The number of rotatable bonds is 10. The summed E-state index contributed by atoms with van der Waals surface area (Å²) in [6.07, 6.45) is 4.29. The number of hydrogen-bond donors (Lipinski definition) is 3. The molecule has 2 heterocycles. The van der Waals surface area contributed by atoms with Crippen LogP contribution in [-0.4, -0.2) is 77.6 Å². The van der Waals surface area contributed by atoms with Crippen molar-refractivity contribution < 1.29 is 19.1 Å². The number of amides is 2. The summed E-state index contributed by atoms with van der Waals surface area (Å²) in [5.74, 6) is 0.700. The van der Waals surface area contributed by atoms with Crippen LogP contribution in [0.25, 0.3) is 5.57 Å². The molecule has 0 radical (unpaired) electrons. The van der Waals surface area contributed by atoms with E-state index in [1.165, 1.54) is 5.56 Å². The van der Waals surface area contributed by atoms with Gasteiger partial charge in [-0.2, -0.15) is 4.98 Å². The van der Waals surface area contributed by atoms with Crippen LogP contribution in [0.3, 0.4) is 0 Å². The number of nitrogen functional groups attached to an aromatic ring is 1. The van der Waals surface area contributed by atoms with E-state index in [4.69, 9.17) is 15.2 Å². The number of carbonyl (C=O) groups is 2. The maximum Gasteiger partial charge on any atom is 0.410 e. The molecule has 1 aromatic heterocycles. The smallest absolute Gasteiger partial charge is 0.410 e. The first-order valence-electron chi connectivity index (χ1n) is 13.6. The lowest BCUT2D eigenvalue weighted by atomic mass is 10.00. The molecule has 0 fully saturated rings. The normalized spacial score (nSPS) is 13.1. The molecule has 4 N–H and O–H groups in total. The fourth-order valence-electron chi connectivity index (χ4n) is 4.41. The van der Waals surface area contributed by atoms with Gasteiger partial charge in [0.05, 0.1) is 13.7 Å². The average molecular weight is 563 g/mol. The average Bonchev–Trinajstić information content (AvgIpc) is 3.33. The third-order valence-corrected chi connectivity index (χ3v) is 6.46. The van der Waals surface area contributed by atoms with Crippen LogP contribution < -0.4 is 21.1 Å². The Balaban J connectivity index is 1.41. The molecule has 0 aliphatic carbocycles. The Bertz CT molecular complexity index is 1380. The van der Waals surface area contributed by atoms with Gasteiger partial charge in [0, 0.05) is 42.6 Å². The molecule has 218 valence electrons. The first-order chi connectivity index (χ1) is 19.8. The Morgan fingerprint density at radius 3 is 2.59 bits per heavy atom. The summed E-state index contributed by atoms with van der Waals surface area (Å²) < 4.78 is 12.0. The number of aromatic nitrogens is 3. The molecule has 2 amide bonds. The van der Waals surface area contributed by atoms with Gasteiger partial charge in [-0.1, -0.05) is 31.6 Å². The summed E-state index contributed by atoms with van der Waals surface area (Å²) in [4.78, 5) is 33.4. The second-order valence-electron chi connectivity index (χ2n) is 10.0. The minimum atomic E-state index is -0.572. The topological polar surface area (TPSA) is 140 Å². The van der Waals surface area contributed by atoms with Crippen molar-refractivity contribution in [3.63, 3.8) is 0 Å². The fourth-order valence-corrected chi connectivity index (χ4v) is 4.41.